The number of carbonyl (C=O) groups excluding carboxylic acids is 1. The van der Waals surface area contributed by atoms with Gasteiger partial charge in [-0.3, -0.25) is 4.40 Å². The fraction of sp³-hybridized carbons (Fsp3) is 0.700. The summed E-state index contributed by atoms with van der Waals surface area (Å²) in [6.07, 6.45) is 4.99. The van der Waals surface area contributed by atoms with Crippen LogP contribution in [-0.4, -0.2) is 63.1 Å². The van der Waals surface area contributed by atoms with Gasteiger partial charge < -0.3 is 19.7 Å². The van der Waals surface area contributed by atoms with Crippen molar-refractivity contribution < 1.29 is 14.3 Å². The lowest BCUT2D eigenvalue weighted by Gasteiger charge is -2.43. The molecule has 158 valence electrons. The number of aromatic nitrogens is 4. The van der Waals surface area contributed by atoms with Crippen molar-refractivity contribution in [1.29, 1.82) is 0 Å². The fourth-order valence-corrected chi connectivity index (χ4v) is 4.46. The van der Waals surface area contributed by atoms with E-state index in [-0.39, 0.29) is 23.7 Å². The zero-order chi connectivity index (χ0) is 20.8. The van der Waals surface area contributed by atoms with Crippen molar-refractivity contribution in [1.82, 2.24) is 24.9 Å². The van der Waals surface area contributed by atoms with Gasteiger partial charge in [-0.15, -0.1) is 10.2 Å². The highest BCUT2D eigenvalue weighted by Crippen LogP contribution is 2.43. The van der Waals surface area contributed by atoms with E-state index in [0.717, 1.165) is 43.1 Å². The van der Waals surface area contributed by atoms with Gasteiger partial charge in [-0.1, -0.05) is 0 Å². The third-order valence-corrected chi connectivity index (χ3v) is 5.88. The highest BCUT2D eigenvalue weighted by Gasteiger charge is 2.50. The van der Waals surface area contributed by atoms with E-state index in [1.807, 2.05) is 45.2 Å². The van der Waals surface area contributed by atoms with Gasteiger partial charge in [0, 0.05) is 24.7 Å². The predicted octanol–water partition coefficient (Wildman–Crippen LogP) is 2.33. The maximum absolute atomic E-state index is 12.4. The van der Waals surface area contributed by atoms with Gasteiger partial charge in [-0.2, -0.15) is 0 Å². The summed E-state index contributed by atoms with van der Waals surface area (Å²) in [6.45, 7) is 11.9. The van der Waals surface area contributed by atoms with Crippen molar-refractivity contribution in [2.24, 2.45) is 5.41 Å². The van der Waals surface area contributed by atoms with Crippen LogP contribution in [0.3, 0.4) is 0 Å². The average molecular weight is 402 g/mol. The Labute approximate surface area is 170 Å². The standard InChI is InChI=1S/C20H30N6O3/c1-13-10-26-12-21-24-17(26)16(22-13)25-8-6-20(7-9-25)11-28-14(2)15(20)23-18(27)29-19(3,4)5/h10,12,14-15H,6-9,11H2,1-5H3,(H,23,27)/t14-,15+/m0/s1. The molecular formula is C20H30N6O3. The summed E-state index contributed by atoms with van der Waals surface area (Å²) < 4.78 is 13.4. The summed E-state index contributed by atoms with van der Waals surface area (Å²) in [5, 5.41) is 11.3. The smallest absolute Gasteiger partial charge is 0.407 e. The number of aryl methyl sites for hydroxylation is 1. The molecule has 9 heteroatoms. The molecule has 4 heterocycles. The molecule has 2 aromatic rings. The van der Waals surface area contributed by atoms with Crippen LogP contribution >= 0.6 is 0 Å². The van der Waals surface area contributed by atoms with Crippen LogP contribution in [-0.2, 0) is 9.47 Å². The Morgan fingerprint density at radius 2 is 2.07 bits per heavy atom. The van der Waals surface area contributed by atoms with E-state index in [1.165, 1.54) is 0 Å². The number of anilines is 1. The molecule has 29 heavy (non-hydrogen) atoms. The van der Waals surface area contributed by atoms with E-state index in [9.17, 15) is 4.79 Å². The Bertz CT molecular complexity index is 897. The van der Waals surface area contributed by atoms with E-state index in [1.54, 1.807) is 6.33 Å². The lowest BCUT2D eigenvalue weighted by atomic mass is 9.73. The molecule has 0 unspecified atom stereocenters. The van der Waals surface area contributed by atoms with Crippen molar-refractivity contribution in [3.8, 4) is 0 Å². The second-order valence-corrected chi connectivity index (χ2v) is 9.26. The monoisotopic (exact) mass is 402 g/mol. The van der Waals surface area contributed by atoms with Gasteiger partial charge in [0.15, 0.2) is 5.82 Å². The first-order valence-electron chi connectivity index (χ1n) is 10.2. The molecule has 0 saturated carbocycles. The predicted molar refractivity (Wildman–Crippen MR) is 108 cm³/mol. The molecule has 0 aliphatic carbocycles. The van der Waals surface area contributed by atoms with E-state index >= 15 is 0 Å². The van der Waals surface area contributed by atoms with E-state index < -0.39 is 5.60 Å². The number of rotatable bonds is 2. The van der Waals surface area contributed by atoms with Gasteiger partial charge in [0.2, 0.25) is 5.65 Å². The molecule has 2 saturated heterocycles. The van der Waals surface area contributed by atoms with Crippen LogP contribution in [0.25, 0.3) is 5.65 Å². The molecule has 2 aliphatic heterocycles. The van der Waals surface area contributed by atoms with Gasteiger partial charge in [0.05, 0.1) is 24.4 Å². The van der Waals surface area contributed by atoms with Gasteiger partial charge in [0.25, 0.3) is 0 Å². The van der Waals surface area contributed by atoms with Gasteiger partial charge in [0.1, 0.15) is 11.9 Å². The SMILES string of the molecule is Cc1cn2cnnc2c(N2CCC3(CC2)CO[C@@H](C)[C@H]3NC(=O)OC(C)(C)C)n1. The first-order chi connectivity index (χ1) is 13.7. The maximum Gasteiger partial charge on any atom is 0.407 e. The number of piperidine rings is 1. The third kappa shape index (κ3) is 3.88. The van der Waals surface area contributed by atoms with Crippen LogP contribution in [0.4, 0.5) is 10.6 Å². The molecule has 2 aliphatic rings. The Morgan fingerprint density at radius 1 is 1.34 bits per heavy atom. The summed E-state index contributed by atoms with van der Waals surface area (Å²) in [5.41, 5.74) is 1.07. The third-order valence-electron chi connectivity index (χ3n) is 5.88. The highest BCUT2D eigenvalue weighted by atomic mass is 16.6. The minimum atomic E-state index is -0.524. The number of nitrogens with one attached hydrogen (secondary N) is 1. The van der Waals surface area contributed by atoms with Crippen molar-refractivity contribution in [3.05, 3.63) is 18.2 Å². The molecule has 2 atom stereocenters. The topological polar surface area (TPSA) is 93.9 Å². The van der Waals surface area contributed by atoms with Gasteiger partial charge >= 0.3 is 6.09 Å². The molecule has 4 rings (SSSR count). The van der Waals surface area contributed by atoms with E-state index in [4.69, 9.17) is 14.5 Å². The molecule has 0 radical (unpaired) electrons. The summed E-state index contributed by atoms with van der Waals surface area (Å²) in [5.74, 6) is 0.862. The lowest BCUT2D eigenvalue weighted by molar-refractivity contribution is 0.0434. The van der Waals surface area contributed by atoms with E-state index in [0.29, 0.717) is 6.61 Å². The highest BCUT2D eigenvalue weighted by molar-refractivity contribution is 5.68. The number of carbonyl (C=O) groups is 1. The van der Waals surface area contributed by atoms with Crippen LogP contribution < -0.4 is 10.2 Å². The van der Waals surface area contributed by atoms with Gasteiger partial charge in [-0.25, -0.2) is 9.78 Å². The number of alkyl carbamates (subject to hydrolysis) is 1. The Morgan fingerprint density at radius 3 is 2.76 bits per heavy atom. The van der Waals surface area contributed by atoms with E-state index in [2.05, 4.69) is 20.4 Å². The van der Waals surface area contributed by atoms with Crippen LogP contribution in [0.1, 0.15) is 46.2 Å². The van der Waals surface area contributed by atoms with Crippen molar-refractivity contribution in [2.45, 2.75) is 65.2 Å². The van der Waals surface area contributed by atoms with Gasteiger partial charge in [-0.05, 0) is 47.5 Å². The van der Waals surface area contributed by atoms with Crippen LogP contribution in [0.5, 0.6) is 0 Å². The molecule has 2 fully saturated rings. The Balaban J connectivity index is 1.49. The summed E-state index contributed by atoms with van der Waals surface area (Å²) in [6, 6.07) is -0.0712. The number of ether oxygens (including phenoxy) is 2. The first kappa shape index (κ1) is 19.9. The zero-order valence-corrected chi connectivity index (χ0v) is 17.8. The molecule has 1 spiro atoms. The normalized spacial score (nSPS) is 24.2. The Hall–Kier alpha value is -2.42. The van der Waals surface area contributed by atoms with Crippen LogP contribution in [0, 0.1) is 12.3 Å². The molecule has 2 aromatic heterocycles. The van der Waals surface area contributed by atoms with Crippen LogP contribution in [0.15, 0.2) is 12.5 Å². The van der Waals surface area contributed by atoms with Crippen molar-refractivity contribution in [2.75, 3.05) is 24.6 Å². The second-order valence-electron chi connectivity index (χ2n) is 9.26. The zero-order valence-electron chi connectivity index (χ0n) is 17.8. The molecule has 9 nitrogen and oxygen atoms in total. The summed E-state index contributed by atoms with van der Waals surface area (Å²) in [7, 11) is 0. The summed E-state index contributed by atoms with van der Waals surface area (Å²) >= 11 is 0. The summed E-state index contributed by atoms with van der Waals surface area (Å²) in [4.78, 5) is 19.4. The molecule has 0 aromatic carbocycles. The molecule has 1 amide bonds. The number of hydrogen-bond acceptors (Lipinski definition) is 7. The van der Waals surface area contributed by atoms with Crippen molar-refractivity contribution >= 4 is 17.6 Å². The second kappa shape index (κ2) is 7.12. The first-order valence-corrected chi connectivity index (χ1v) is 10.2. The largest absolute Gasteiger partial charge is 0.444 e. The number of fused-ring (bicyclic) bond motifs is 1. The Kier molecular flexibility index (Phi) is 4.88. The minimum absolute atomic E-state index is 0.0469. The fourth-order valence-electron chi connectivity index (χ4n) is 4.46. The minimum Gasteiger partial charge on any atom is -0.444 e. The van der Waals surface area contributed by atoms with Crippen LogP contribution in [0.2, 0.25) is 0 Å². The number of nitrogens with zero attached hydrogens (tertiary/aromatic N) is 5. The quantitative estimate of drug-likeness (QED) is 0.824. The number of hydrogen-bond donors (Lipinski definition) is 1. The molecular weight excluding hydrogens is 372 g/mol. The molecule has 0 bridgehead atoms. The molecule has 1 N–H and O–H groups in total. The van der Waals surface area contributed by atoms with Crippen molar-refractivity contribution in [3.63, 3.8) is 0 Å². The number of amides is 1. The average Bonchev–Trinajstić information content (AvgIpc) is 3.21. The lowest BCUT2D eigenvalue weighted by Crippen LogP contribution is -2.55. The maximum atomic E-state index is 12.4.